The van der Waals surface area contributed by atoms with Gasteiger partial charge in [-0.25, -0.2) is 0 Å². The second kappa shape index (κ2) is 5.38. The highest BCUT2D eigenvalue weighted by molar-refractivity contribution is 8.26. The van der Waals surface area contributed by atoms with Crippen LogP contribution in [0.3, 0.4) is 0 Å². The molecule has 0 bridgehead atoms. The lowest BCUT2D eigenvalue weighted by atomic mass is 10.1. The molecule has 1 heterocycles. The van der Waals surface area contributed by atoms with E-state index in [4.69, 9.17) is 12.2 Å². The molecule has 0 spiro atoms. The highest BCUT2D eigenvalue weighted by atomic mass is 32.2. The zero-order valence-electron chi connectivity index (χ0n) is 11.0. The molecule has 100 valence electrons. The van der Waals surface area contributed by atoms with E-state index in [0.717, 1.165) is 5.56 Å². The first-order chi connectivity index (χ1) is 9.69. The number of carbonyl (C=O) groups is 1. The largest absolute Gasteiger partial charge is 0.293 e. The quantitative estimate of drug-likeness (QED) is 0.616. The maximum absolute atomic E-state index is 12.2. The van der Waals surface area contributed by atoms with Crippen LogP contribution in [-0.4, -0.2) is 21.7 Å². The van der Waals surface area contributed by atoms with E-state index >= 15 is 0 Å². The summed E-state index contributed by atoms with van der Waals surface area (Å²) in [5.74, 6) is 0.00987. The highest BCUT2D eigenvalue weighted by Gasteiger charge is 2.30. The molecule has 1 saturated heterocycles. The number of hydrogen-bond donors (Lipinski definition) is 0. The number of nitrogens with zero attached hydrogens (tertiary/aromatic N) is 1. The van der Waals surface area contributed by atoms with Gasteiger partial charge in [0.05, 0.1) is 4.91 Å². The fraction of sp³-hybridized carbons (Fsp3) is 0.125. The molecule has 2 aromatic rings. The van der Waals surface area contributed by atoms with Crippen molar-refractivity contribution in [3.63, 3.8) is 0 Å². The second-order valence-corrected chi connectivity index (χ2v) is 6.21. The molecule has 0 atom stereocenters. The number of hydrogen-bond acceptors (Lipinski definition) is 3. The molecule has 3 rings (SSSR count). The predicted molar refractivity (Wildman–Crippen MR) is 89.5 cm³/mol. The molecule has 0 unspecified atom stereocenters. The summed E-state index contributed by atoms with van der Waals surface area (Å²) >= 11 is 6.59. The Bertz CT molecular complexity index is 736. The van der Waals surface area contributed by atoms with Crippen molar-refractivity contribution in [3.8, 4) is 0 Å². The lowest BCUT2D eigenvalue weighted by Crippen LogP contribution is -2.27. The van der Waals surface area contributed by atoms with Crippen LogP contribution in [0.5, 0.6) is 0 Å². The number of amides is 1. The Morgan fingerprint density at radius 1 is 1.20 bits per heavy atom. The number of thioether (sulfide) groups is 1. The Balaban J connectivity index is 1.98. The van der Waals surface area contributed by atoms with Gasteiger partial charge in [-0.3, -0.25) is 9.69 Å². The van der Waals surface area contributed by atoms with Crippen molar-refractivity contribution in [2.24, 2.45) is 0 Å². The van der Waals surface area contributed by atoms with Gasteiger partial charge in [-0.2, -0.15) is 0 Å². The Morgan fingerprint density at radius 2 is 1.95 bits per heavy atom. The monoisotopic (exact) mass is 299 g/mol. The van der Waals surface area contributed by atoms with Gasteiger partial charge < -0.3 is 0 Å². The zero-order chi connectivity index (χ0) is 14.1. The first kappa shape index (κ1) is 13.3. The Morgan fingerprint density at radius 3 is 2.65 bits per heavy atom. The van der Waals surface area contributed by atoms with E-state index in [-0.39, 0.29) is 5.91 Å². The van der Waals surface area contributed by atoms with Crippen LogP contribution < -0.4 is 0 Å². The van der Waals surface area contributed by atoms with E-state index in [9.17, 15) is 4.79 Å². The molecule has 0 radical (unpaired) electrons. The molecule has 1 amide bonds. The van der Waals surface area contributed by atoms with Crippen LogP contribution in [0.2, 0.25) is 0 Å². The molecule has 0 N–H and O–H groups in total. The predicted octanol–water partition coefficient (Wildman–Crippen LogP) is 4.06. The molecular formula is C16H13NOS2. The van der Waals surface area contributed by atoms with Crippen molar-refractivity contribution in [1.29, 1.82) is 0 Å². The lowest BCUT2D eigenvalue weighted by Gasteiger charge is -2.09. The number of likely N-dealkylation sites (N-methyl/N-ethyl adjacent to an activating group) is 1. The van der Waals surface area contributed by atoms with E-state index < -0.39 is 0 Å². The van der Waals surface area contributed by atoms with E-state index in [1.54, 1.807) is 4.90 Å². The Labute approximate surface area is 127 Å². The van der Waals surface area contributed by atoms with Crippen molar-refractivity contribution in [1.82, 2.24) is 4.90 Å². The first-order valence-corrected chi connectivity index (χ1v) is 7.65. The van der Waals surface area contributed by atoms with Crippen LogP contribution in [0.25, 0.3) is 16.8 Å². The Kier molecular flexibility index (Phi) is 3.59. The average molecular weight is 299 g/mol. The van der Waals surface area contributed by atoms with Crippen molar-refractivity contribution < 1.29 is 4.79 Å². The second-order valence-electron chi connectivity index (χ2n) is 4.53. The van der Waals surface area contributed by atoms with Gasteiger partial charge in [0.15, 0.2) is 0 Å². The number of thiocarbonyl (C=S) groups is 1. The summed E-state index contributed by atoms with van der Waals surface area (Å²) in [6.45, 7) is 2.56. The third kappa shape index (κ3) is 2.37. The van der Waals surface area contributed by atoms with Crippen molar-refractivity contribution in [3.05, 3.63) is 52.9 Å². The van der Waals surface area contributed by atoms with E-state index in [1.807, 2.05) is 31.2 Å². The van der Waals surface area contributed by atoms with Crippen molar-refractivity contribution in [2.75, 3.05) is 6.54 Å². The summed E-state index contributed by atoms with van der Waals surface area (Å²) in [5.41, 5.74) is 1.03. The molecule has 0 saturated carbocycles. The van der Waals surface area contributed by atoms with Crippen LogP contribution in [0.4, 0.5) is 0 Å². The third-order valence-corrected chi connectivity index (χ3v) is 4.64. The van der Waals surface area contributed by atoms with Crippen LogP contribution in [0, 0.1) is 0 Å². The van der Waals surface area contributed by atoms with Gasteiger partial charge in [-0.1, -0.05) is 60.4 Å². The molecule has 0 aliphatic carbocycles. The summed E-state index contributed by atoms with van der Waals surface area (Å²) in [4.78, 5) is 14.5. The van der Waals surface area contributed by atoms with Crippen LogP contribution in [-0.2, 0) is 4.79 Å². The van der Waals surface area contributed by atoms with E-state index in [2.05, 4.69) is 24.3 Å². The molecule has 1 aliphatic heterocycles. The minimum atomic E-state index is 0.00987. The van der Waals surface area contributed by atoms with Gasteiger partial charge in [0.25, 0.3) is 5.91 Å². The van der Waals surface area contributed by atoms with Crippen LogP contribution in [0.15, 0.2) is 47.4 Å². The van der Waals surface area contributed by atoms with E-state index in [0.29, 0.717) is 15.8 Å². The van der Waals surface area contributed by atoms with E-state index in [1.165, 1.54) is 22.5 Å². The summed E-state index contributed by atoms with van der Waals surface area (Å²) < 4.78 is 0.643. The maximum Gasteiger partial charge on any atom is 0.266 e. The van der Waals surface area contributed by atoms with Crippen LogP contribution in [0.1, 0.15) is 12.5 Å². The minimum absolute atomic E-state index is 0.00987. The molecular weight excluding hydrogens is 286 g/mol. The third-order valence-electron chi connectivity index (χ3n) is 3.26. The normalized spacial score (nSPS) is 17.4. The van der Waals surface area contributed by atoms with Gasteiger partial charge in [-0.15, -0.1) is 0 Å². The SMILES string of the molecule is CCN1C(=O)/C(=C/c2ccc3ccccc3c2)SC1=S. The fourth-order valence-corrected chi connectivity index (χ4v) is 3.61. The molecule has 4 heteroatoms. The summed E-state index contributed by atoms with van der Waals surface area (Å²) in [7, 11) is 0. The number of fused-ring (bicyclic) bond motifs is 1. The van der Waals surface area contributed by atoms with Gasteiger partial charge in [0, 0.05) is 6.54 Å². The lowest BCUT2D eigenvalue weighted by molar-refractivity contribution is -0.121. The molecule has 2 nitrogen and oxygen atoms in total. The molecule has 2 aromatic carbocycles. The fourth-order valence-electron chi connectivity index (χ4n) is 2.22. The number of rotatable bonds is 2. The molecule has 0 aromatic heterocycles. The number of benzene rings is 2. The van der Waals surface area contributed by atoms with Gasteiger partial charge in [-0.05, 0) is 35.4 Å². The minimum Gasteiger partial charge on any atom is -0.293 e. The average Bonchev–Trinajstić information content (AvgIpc) is 2.73. The van der Waals surface area contributed by atoms with Gasteiger partial charge in [0.2, 0.25) is 0 Å². The standard InChI is InChI=1S/C16H13NOS2/c1-2-17-15(18)14(20-16(17)19)10-11-7-8-12-5-3-4-6-13(12)9-11/h3-10H,2H2,1H3/b14-10-. The molecule has 1 aliphatic rings. The smallest absolute Gasteiger partial charge is 0.266 e. The van der Waals surface area contributed by atoms with Crippen LogP contribution >= 0.6 is 24.0 Å². The van der Waals surface area contributed by atoms with Crippen molar-refractivity contribution >= 4 is 51.1 Å². The van der Waals surface area contributed by atoms with Crippen molar-refractivity contribution in [2.45, 2.75) is 6.92 Å². The summed E-state index contributed by atoms with van der Waals surface area (Å²) in [6, 6.07) is 14.4. The zero-order valence-corrected chi connectivity index (χ0v) is 12.6. The van der Waals surface area contributed by atoms with Gasteiger partial charge >= 0.3 is 0 Å². The first-order valence-electron chi connectivity index (χ1n) is 6.43. The molecule has 1 fully saturated rings. The highest BCUT2D eigenvalue weighted by Crippen LogP contribution is 2.32. The number of carbonyl (C=O) groups excluding carboxylic acids is 1. The topological polar surface area (TPSA) is 20.3 Å². The summed E-state index contributed by atoms with van der Waals surface area (Å²) in [5, 5.41) is 2.37. The Hall–Kier alpha value is -1.65. The summed E-state index contributed by atoms with van der Waals surface area (Å²) in [6.07, 6.45) is 1.92. The van der Waals surface area contributed by atoms with Gasteiger partial charge in [0.1, 0.15) is 4.32 Å². The maximum atomic E-state index is 12.2. The molecule has 20 heavy (non-hydrogen) atoms.